The quantitative estimate of drug-likeness (QED) is 0.578. The molecule has 1 aromatic heterocycles. The van der Waals surface area contributed by atoms with Crippen LogP contribution in [0.15, 0.2) is 23.1 Å². The van der Waals surface area contributed by atoms with Crippen LogP contribution in [0.4, 0.5) is 0 Å². The monoisotopic (exact) mass is 389 g/mol. The van der Waals surface area contributed by atoms with Crippen molar-refractivity contribution in [2.75, 3.05) is 19.6 Å². The Kier molecular flexibility index (Phi) is 8.21. The number of aromatic nitrogens is 1. The molecule has 0 fully saturated rings. The molecular weight excluding hydrogens is 366 g/mol. The number of nitrogens with zero attached hydrogens (tertiary/aromatic N) is 1. The zero-order valence-corrected chi connectivity index (χ0v) is 17.0. The summed E-state index contributed by atoms with van der Waals surface area (Å²) >= 11 is 3.68. The number of thioether (sulfide) groups is 1. The normalized spacial score (nSPS) is 12.0. The molecular formula is C16H23NO4S3. The molecule has 0 unspecified atom stereocenters. The van der Waals surface area contributed by atoms with Gasteiger partial charge in [0, 0.05) is 12.3 Å². The standard InChI is InChI=1S/C15H20NOS2.CH4O3S/c1-5-12(18-4)10-15-16(6-2)13-9-11(17-3)7-8-14(13)19-15;1-5(2,3)4/h7-10H,5-6H2,1-4H3;1H3,(H,2,3,4)/q+1;/p-1. The van der Waals surface area contributed by atoms with Crippen molar-refractivity contribution in [1.82, 2.24) is 0 Å². The van der Waals surface area contributed by atoms with E-state index in [0.717, 1.165) is 18.7 Å². The molecule has 2 aromatic rings. The van der Waals surface area contributed by atoms with E-state index >= 15 is 0 Å². The summed E-state index contributed by atoms with van der Waals surface area (Å²) < 4.78 is 36.2. The molecule has 0 saturated carbocycles. The SMILES string of the molecule is CCC(=Cc1sc2ccc(OC)cc2[n+]1CC)SC.CS(=O)(=O)[O-]. The maximum atomic E-state index is 9.08. The Morgan fingerprint density at radius 3 is 2.50 bits per heavy atom. The largest absolute Gasteiger partial charge is 0.748 e. The first-order valence-corrected chi connectivity index (χ1v) is 11.2. The third-order valence-electron chi connectivity index (χ3n) is 3.15. The van der Waals surface area contributed by atoms with Gasteiger partial charge in [0.25, 0.3) is 5.01 Å². The second kappa shape index (κ2) is 9.41. The summed E-state index contributed by atoms with van der Waals surface area (Å²) in [7, 11) is -2.20. The van der Waals surface area contributed by atoms with Crippen LogP contribution in [0.5, 0.6) is 5.75 Å². The van der Waals surface area contributed by atoms with Crippen LogP contribution in [0.25, 0.3) is 16.3 Å². The minimum Gasteiger partial charge on any atom is -0.748 e. The highest BCUT2D eigenvalue weighted by molar-refractivity contribution is 8.02. The first-order chi connectivity index (χ1) is 11.2. The van der Waals surface area contributed by atoms with Gasteiger partial charge in [-0.3, -0.25) is 0 Å². The molecule has 1 aromatic carbocycles. The van der Waals surface area contributed by atoms with Gasteiger partial charge < -0.3 is 9.29 Å². The molecule has 8 heteroatoms. The fourth-order valence-electron chi connectivity index (χ4n) is 2.08. The maximum Gasteiger partial charge on any atom is 0.263 e. The van der Waals surface area contributed by atoms with Gasteiger partial charge in [0.2, 0.25) is 5.52 Å². The fraction of sp³-hybridized carbons (Fsp3) is 0.438. The minimum absolute atomic E-state index is 0.604. The molecule has 134 valence electrons. The van der Waals surface area contributed by atoms with Crippen LogP contribution < -0.4 is 9.30 Å². The fourth-order valence-corrected chi connectivity index (χ4v) is 3.85. The zero-order valence-electron chi connectivity index (χ0n) is 14.5. The lowest BCUT2D eigenvalue weighted by molar-refractivity contribution is -0.665. The number of allylic oxidation sites excluding steroid dienone is 1. The molecule has 0 aliphatic rings. The number of benzene rings is 1. The van der Waals surface area contributed by atoms with Crippen molar-refractivity contribution in [3.05, 3.63) is 28.1 Å². The first kappa shape index (κ1) is 21.0. The van der Waals surface area contributed by atoms with Gasteiger partial charge in [-0.2, -0.15) is 4.57 Å². The summed E-state index contributed by atoms with van der Waals surface area (Å²) in [5.74, 6) is 0.920. The predicted molar refractivity (Wildman–Crippen MR) is 102 cm³/mol. The Morgan fingerprint density at radius 1 is 1.42 bits per heavy atom. The van der Waals surface area contributed by atoms with Gasteiger partial charge in [-0.05, 0) is 36.6 Å². The van der Waals surface area contributed by atoms with E-state index in [2.05, 4.69) is 42.9 Å². The number of fused-ring (bicyclic) bond motifs is 1. The van der Waals surface area contributed by atoms with E-state index in [1.807, 2.05) is 29.2 Å². The van der Waals surface area contributed by atoms with Crippen LogP contribution in [-0.4, -0.2) is 32.6 Å². The average Bonchev–Trinajstić information content (AvgIpc) is 2.86. The number of thiazole rings is 1. The lowest BCUT2D eigenvalue weighted by Gasteiger charge is -1.98. The van der Waals surface area contributed by atoms with Gasteiger partial charge in [0.15, 0.2) is 0 Å². The molecule has 0 aliphatic carbocycles. The number of aryl methyl sites for hydroxylation is 1. The van der Waals surface area contributed by atoms with Crippen molar-refractivity contribution in [3.8, 4) is 5.75 Å². The summed E-state index contributed by atoms with van der Waals surface area (Å²) in [4.78, 5) is 1.42. The van der Waals surface area contributed by atoms with E-state index in [-0.39, 0.29) is 0 Å². The van der Waals surface area contributed by atoms with Crippen molar-refractivity contribution in [3.63, 3.8) is 0 Å². The van der Waals surface area contributed by atoms with Crippen molar-refractivity contribution >= 4 is 49.5 Å². The number of hydrogen-bond acceptors (Lipinski definition) is 6. The van der Waals surface area contributed by atoms with Crippen LogP contribution >= 0.6 is 23.1 Å². The molecule has 24 heavy (non-hydrogen) atoms. The Bertz CT molecular complexity index is 796. The van der Waals surface area contributed by atoms with Gasteiger partial charge >= 0.3 is 0 Å². The number of hydrogen-bond donors (Lipinski definition) is 0. The van der Waals surface area contributed by atoms with Crippen LogP contribution in [0, 0.1) is 0 Å². The highest BCUT2D eigenvalue weighted by atomic mass is 32.2. The Labute approximate surface area is 152 Å². The smallest absolute Gasteiger partial charge is 0.263 e. The van der Waals surface area contributed by atoms with E-state index in [1.54, 1.807) is 7.11 Å². The van der Waals surface area contributed by atoms with Crippen molar-refractivity contribution in [1.29, 1.82) is 0 Å². The molecule has 0 aliphatic heterocycles. The van der Waals surface area contributed by atoms with Gasteiger partial charge in [0.05, 0.1) is 23.3 Å². The first-order valence-electron chi connectivity index (χ1n) is 7.39. The number of rotatable bonds is 5. The van der Waals surface area contributed by atoms with Crippen molar-refractivity contribution in [2.24, 2.45) is 0 Å². The van der Waals surface area contributed by atoms with Crippen LogP contribution in [0.3, 0.4) is 0 Å². The van der Waals surface area contributed by atoms with Gasteiger partial charge in [0.1, 0.15) is 17.0 Å². The Balaban J connectivity index is 0.000000505. The van der Waals surface area contributed by atoms with Crippen LogP contribution in [0.2, 0.25) is 0 Å². The molecule has 0 atom stereocenters. The summed E-state index contributed by atoms with van der Waals surface area (Å²) in [6, 6.07) is 6.30. The molecule has 0 bridgehead atoms. The molecule has 0 spiro atoms. The molecule has 2 rings (SSSR count). The van der Waals surface area contributed by atoms with E-state index < -0.39 is 10.1 Å². The molecule has 0 amide bonds. The van der Waals surface area contributed by atoms with Crippen LogP contribution in [0.1, 0.15) is 25.3 Å². The maximum absolute atomic E-state index is 9.08. The minimum atomic E-state index is -3.92. The average molecular weight is 390 g/mol. The van der Waals surface area contributed by atoms with Crippen molar-refractivity contribution < 1.29 is 22.3 Å². The predicted octanol–water partition coefficient (Wildman–Crippen LogP) is 3.49. The second-order valence-electron chi connectivity index (χ2n) is 4.89. The summed E-state index contributed by atoms with van der Waals surface area (Å²) in [5, 5.41) is 1.32. The van der Waals surface area contributed by atoms with Gasteiger partial charge in [-0.15, -0.1) is 11.8 Å². The third kappa shape index (κ3) is 6.43. The van der Waals surface area contributed by atoms with Gasteiger partial charge in [-0.1, -0.05) is 18.3 Å². The molecule has 5 nitrogen and oxygen atoms in total. The summed E-state index contributed by atoms with van der Waals surface area (Å²) in [6.07, 6.45) is 6.14. The molecule has 0 saturated heterocycles. The van der Waals surface area contributed by atoms with E-state index in [9.17, 15) is 0 Å². The molecule has 0 N–H and O–H groups in total. The summed E-state index contributed by atoms with van der Waals surface area (Å²) in [5.41, 5.74) is 1.26. The lowest BCUT2D eigenvalue weighted by atomic mass is 10.3. The Hall–Kier alpha value is -1.09. The Morgan fingerprint density at radius 2 is 2.04 bits per heavy atom. The van der Waals surface area contributed by atoms with E-state index in [1.165, 1.54) is 20.1 Å². The zero-order chi connectivity index (χ0) is 18.3. The topological polar surface area (TPSA) is 70.3 Å². The highest BCUT2D eigenvalue weighted by Crippen LogP contribution is 2.28. The third-order valence-corrected chi connectivity index (χ3v) is 5.19. The van der Waals surface area contributed by atoms with Gasteiger partial charge in [-0.25, -0.2) is 8.42 Å². The second-order valence-corrected chi connectivity index (χ2v) is 8.29. The van der Waals surface area contributed by atoms with Crippen LogP contribution in [-0.2, 0) is 16.7 Å². The lowest BCUT2D eigenvalue weighted by Crippen LogP contribution is -2.33. The number of methoxy groups -OCH3 is 1. The molecule has 1 heterocycles. The van der Waals surface area contributed by atoms with E-state index in [4.69, 9.17) is 17.7 Å². The molecule has 0 radical (unpaired) electrons. The highest BCUT2D eigenvalue weighted by Gasteiger charge is 2.18. The van der Waals surface area contributed by atoms with E-state index in [0.29, 0.717) is 6.26 Å². The number of ether oxygens (including phenoxy) is 1. The van der Waals surface area contributed by atoms with Crippen molar-refractivity contribution in [2.45, 2.75) is 26.8 Å². The summed E-state index contributed by atoms with van der Waals surface area (Å²) in [6.45, 7) is 5.37.